The number of aliphatic carboxylic acids is 1. The molecule has 2 aliphatic rings. The molecule has 132 valence electrons. The SMILES string of the molecule is CN1CCN([C@@H]2C[C@@H](C(=O)O)CN(C(=O)OC(C)(C)C)C2)CC1. The number of hydrogen-bond donors (Lipinski definition) is 1. The lowest BCUT2D eigenvalue weighted by Gasteiger charge is -2.44. The van der Waals surface area contributed by atoms with Crippen LogP contribution in [-0.2, 0) is 9.53 Å². The van der Waals surface area contributed by atoms with E-state index >= 15 is 0 Å². The average Bonchev–Trinajstić information content (AvgIpc) is 2.45. The minimum Gasteiger partial charge on any atom is -0.481 e. The maximum atomic E-state index is 12.3. The summed E-state index contributed by atoms with van der Waals surface area (Å²) in [5, 5.41) is 9.42. The van der Waals surface area contributed by atoms with Crippen molar-refractivity contribution in [1.29, 1.82) is 0 Å². The summed E-state index contributed by atoms with van der Waals surface area (Å²) in [6.07, 6.45) is 0.181. The number of ether oxygens (including phenoxy) is 1. The van der Waals surface area contributed by atoms with Crippen molar-refractivity contribution in [3.05, 3.63) is 0 Å². The molecule has 2 saturated heterocycles. The number of carbonyl (C=O) groups excluding carboxylic acids is 1. The molecule has 0 unspecified atom stereocenters. The van der Waals surface area contributed by atoms with Crippen LogP contribution in [0.2, 0.25) is 0 Å². The Bertz CT molecular complexity index is 441. The van der Waals surface area contributed by atoms with Crippen molar-refractivity contribution in [3.63, 3.8) is 0 Å². The van der Waals surface area contributed by atoms with Gasteiger partial charge in [-0.25, -0.2) is 4.79 Å². The summed E-state index contributed by atoms with van der Waals surface area (Å²) >= 11 is 0. The lowest BCUT2D eigenvalue weighted by atomic mass is 9.93. The zero-order valence-electron chi connectivity index (χ0n) is 14.6. The van der Waals surface area contributed by atoms with Gasteiger partial charge >= 0.3 is 12.1 Å². The van der Waals surface area contributed by atoms with Crippen molar-refractivity contribution in [2.45, 2.75) is 38.8 Å². The van der Waals surface area contributed by atoms with Crippen LogP contribution in [-0.4, -0.2) is 89.8 Å². The van der Waals surface area contributed by atoms with Crippen LogP contribution in [0.25, 0.3) is 0 Å². The number of piperidine rings is 1. The molecule has 1 amide bonds. The van der Waals surface area contributed by atoms with Crippen molar-refractivity contribution in [2.24, 2.45) is 5.92 Å². The number of amides is 1. The second-order valence-corrected chi connectivity index (χ2v) is 7.65. The van der Waals surface area contributed by atoms with Crippen molar-refractivity contribution in [2.75, 3.05) is 46.3 Å². The number of carboxylic acids is 1. The Kier molecular flexibility index (Phi) is 5.52. The number of carbonyl (C=O) groups is 2. The molecule has 0 aromatic carbocycles. The van der Waals surface area contributed by atoms with Gasteiger partial charge < -0.3 is 19.6 Å². The minimum atomic E-state index is -0.836. The van der Waals surface area contributed by atoms with Crippen LogP contribution in [0.1, 0.15) is 27.2 Å². The van der Waals surface area contributed by atoms with Crippen LogP contribution in [0.3, 0.4) is 0 Å². The van der Waals surface area contributed by atoms with Gasteiger partial charge in [-0.2, -0.15) is 0 Å². The molecule has 23 heavy (non-hydrogen) atoms. The van der Waals surface area contributed by atoms with Crippen LogP contribution < -0.4 is 0 Å². The number of hydrogen-bond acceptors (Lipinski definition) is 5. The van der Waals surface area contributed by atoms with Gasteiger partial charge in [0.05, 0.1) is 5.92 Å². The third kappa shape index (κ3) is 5.07. The number of nitrogens with zero attached hydrogens (tertiary/aromatic N) is 3. The van der Waals surface area contributed by atoms with Gasteiger partial charge in [0, 0.05) is 45.3 Å². The number of carboxylic acid groups (broad SMARTS) is 1. The third-order valence-electron chi connectivity index (χ3n) is 4.48. The maximum absolute atomic E-state index is 12.3. The van der Waals surface area contributed by atoms with Crippen molar-refractivity contribution >= 4 is 12.1 Å². The first-order chi connectivity index (χ1) is 10.7. The van der Waals surface area contributed by atoms with Gasteiger partial charge in [-0.15, -0.1) is 0 Å². The smallest absolute Gasteiger partial charge is 0.410 e. The Hall–Kier alpha value is -1.34. The first-order valence-corrected chi connectivity index (χ1v) is 8.29. The van der Waals surface area contributed by atoms with Gasteiger partial charge in [-0.1, -0.05) is 0 Å². The van der Waals surface area contributed by atoms with Gasteiger partial charge in [-0.3, -0.25) is 9.69 Å². The Labute approximate surface area is 138 Å². The number of likely N-dealkylation sites (tertiary alicyclic amines) is 1. The lowest BCUT2D eigenvalue weighted by molar-refractivity contribution is -0.144. The fraction of sp³-hybridized carbons (Fsp3) is 0.875. The monoisotopic (exact) mass is 327 g/mol. The van der Waals surface area contributed by atoms with E-state index in [1.54, 1.807) is 4.90 Å². The quantitative estimate of drug-likeness (QED) is 0.814. The minimum absolute atomic E-state index is 0.0890. The molecule has 2 atom stereocenters. The Balaban J connectivity index is 2.05. The van der Waals surface area contributed by atoms with E-state index < -0.39 is 23.6 Å². The Morgan fingerprint density at radius 3 is 2.22 bits per heavy atom. The topological polar surface area (TPSA) is 73.3 Å². The summed E-state index contributed by atoms with van der Waals surface area (Å²) in [5.74, 6) is -1.36. The predicted molar refractivity (Wildman–Crippen MR) is 86.4 cm³/mol. The molecular weight excluding hydrogens is 298 g/mol. The van der Waals surface area contributed by atoms with Crippen LogP contribution >= 0.6 is 0 Å². The van der Waals surface area contributed by atoms with E-state index in [2.05, 4.69) is 16.8 Å². The highest BCUT2D eigenvalue weighted by Crippen LogP contribution is 2.24. The number of likely N-dealkylation sites (N-methyl/N-ethyl adjacent to an activating group) is 1. The molecule has 0 bridgehead atoms. The summed E-state index contributed by atoms with van der Waals surface area (Å²) in [5.41, 5.74) is -0.573. The largest absolute Gasteiger partial charge is 0.481 e. The highest BCUT2D eigenvalue weighted by atomic mass is 16.6. The molecule has 1 N–H and O–H groups in total. The molecule has 0 aliphatic carbocycles. The maximum Gasteiger partial charge on any atom is 0.410 e. The number of piperazine rings is 1. The van der Waals surface area contributed by atoms with Crippen molar-refractivity contribution in [1.82, 2.24) is 14.7 Å². The summed E-state index contributed by atoms with van der Waals surface area (Å²) in [6.45, 7) is 10.0. The van der Waals surface area contributed by atoms with E-state index in [9.17, 15) is 14.7 Å². The fourth-order valence-electron chi connectivity index (χ4n) is 3.18. The zero-order chi connectivity index (χ0) is 17.2. The molecular formula is C16H29N3O4. The van der Waals surface area contributed by atoms with Gasteiger partial charge in [0.2, 0.25) is 0 Å². The van der Waals surface area contributed by atoms with Gasteiger partial charge in [0.15, 0.2) is 0 Å². The second kappa shape index (κ2) is 7.05. The van der Waals surface area contributed by atoms with Crippen molar-refractivity contribution < 1.29 is 19.4 Å². The summed E-state index contributed by atoms with van der Waals surface area (Å²) in [6, 6.07) is 0.0890. The highest BCUT2D eigenvalue weighted by Gasteiger charge is 2.38. The molecule has 0 saturated carbocycles. The van der Waals surface area contributed by atoms with E-state index in [1.807, 2.05) is 20.8 Å². The fourth-order valence-corrected chi connectivity index (χ4v) is 3.18. The zero-order valence-corrected chi connectivity index (χ0v) is 14.6. The molecule has 0 radical (unpaired) electrons. The normalized spacial score (nSPS) is 27.7. The molecule has 0 spiro atoms. The summed E-state index contributed by atoms with van der Waals surface area (Å²) in [4.78, 5) is 30.0. The Morgan fingerprint density at radius 1 is 1.09 bits per heavy atom. The molecule has 2 fully saturated rings. The van der Waals surface area contributed by atoms with E-state index in [-0.39, 0.29) is 12.6 Å². The van der Waals surface area contributed by atoms with Crippen LogP contribution in [0.15, 0.2) is 0 Å². The van der Waals surface area contributed by atoms with Crippen molar-refractivity contribution in [3.8, 4) is 0 Å². The molecule has 0 aromatic rings. The van der Waals surface area contributed by atoms with E-state index in [1.165, 1.54) is 0 Å². The first-order valence-electron chi connectivity index (χ1n) is 8.29. The molecule has 2 aliphatic heterocycles. The molecule has 2 rings (SSSR count). The standard InChI is InChI=1S/C16H29N3O4/c1-16(2,3)23-15(22)19-10-12(14(20)21)9-13(11-19)18-7-5-17(4)6-8-18/h12-13H,5-11H2,1-4H3,(H,20,21)/t12-,13-/m1/s1. The second-order valence-electron chi connectivity index (χ2n) is 7.65. The van der Waals surface area contributed by atoms with Gasteiger partial charge in [0.25, 0.3) is 0 Å². The van der Waals surface area contributed by atoms with Crippen LogP contribution in [0.4, 0.5) is 4.79 Å². The molecule has 7 nitrogen and oxygen atoms in total. The third-order valence-corrected chi connectivity index (χ3v) is 4.48. The Morgan fingerprint density at radius 2 is 1.70 bits per heavy atom. The molecule has 0 aromatic heterocycles. The summed E-state index contributed by atoms with van der Waals surface area (Å²) < 4.78 is 5.43. The first kappa shape index (κ1) is 18.0. The van der Waals surface area contributed by atoms with Crippen LogP contribution in [0, 0.1) is 5.92 Å². The average molecular weight is 327 g/mol. The molecule has 7 heteroatoms. The van der Waals surface area contributed by atoms with E-state index in [0.717, 1.165) is 26.2 Å². The lowest BCUT2D eigenvalue weighted by Crippen LogP contribution is -2.58. The highest BCUT2D eigenvalue weighted by molar-refractivity contribution is 5.73. The predicted octanol–water partition coefficient (Wildman–Crippen LogP) is 0.944. The molecule has 2 heterocycles. The van der Waals surface area contributed by atoms with Gasteiger partial charge in [0.1, 0.15) is 5.60 Å². The van der Waals surface area contributed by atoms with Crippen LogP contribution in [0.5, 0.6) is 0 Å². The van der Waals surface area contributed by atoms with Gasteiger partial charge in [-0.05, 0) is 34.2 Å². The number of rotatable bonds is 2. The summed E-state index contributed by atoms with van der Waals surface area (Å²) in [7, 11) is 2.09. The van der Waals surface area contributed by atoms with E-state index in [0.29, 0.717) is 13.0 Å². The van der Waals surface area contributed by atoms with E-state index in [4.69, 9.17) is 4.74 Å².